The molecule has 1 atom stereocenters. The van der Waals surface area contributed by atoms with Gasteiger partial charge in [-0.25, -0.2) is 0 Å². The molecule has 0 fully saturated rings. The molecule has 17 heavy (non-hydrogen) atoms. The third-order valence-electron chi connectivity index (χ3n) is 2.55. The predicted molar refractivity (Wildman–Crippen MR) is 68.7 cm³/mol. The van der Waals surface area contributed by atoms with Crippen molar-refractivity contribution in [1.82, 2.24) is 15.5 Å². The molecule has 1 unspecified atom stereocenters. The minimum atomic E-state index is 0.106. The van der Waals surface area contributed by atoms with Crippen LogP contribution in [0.15, 0.2) is 33.3 Å². The van der Waals surface area contributed by atoms with E-state index in [1.165, 1.54) is 0 Å². The first kappa shape index (κ1) is 12.3. The van der Waals surface area contributed by atoms with E-state index in [0.717, 1.165) is 10.0 Å². The van der Waals surface area contributed by atoms with Gasteiger partial charge in [-0.05, 0) is 31.7 Å². The first-order valence-electron chi connectivity index (χ1n) is 5.43. The second kappa shape index (κ2) is 5.42. The Morgan fingerprint density at radius 1 is 1.47 bits per heavy atom. The molecule has 4 nitrogen and oxygen atoms in total. The van der Waals surface area contributed by atoms with Gasteiger partial charge in [0, 0.05) is 4.47 Å². The molecule has 0 aliphatic heterocycles. The largest absolute Gasteiger partial charge is 0.339 e. The quantitative estimate of drug-likeness (QED) is 0.942. The van der Waals surface area contributed by atoms with Crippen LogP contribution in [0.3, 0.4) is 0 Å². The summed E-state index contributed by atoms with van der Waals surface area (Å²) < 4.78 is 6.27. The number of aromatic nitrogens is 2. The van der Waals surface area contributed by atoms with Gasteiger partial charge in [0.25, 0.3) is 0 Å². The second-order valence-electron chi connectivity index (χ2n) is 3.86. The fraction of sp³-hybridized carbons (Fsp3) is 0.333. The Morgan fingerprint density at radius 2 is 2.29 bits per heavy atom. The Labute approximate surface area is 109 Å². The van der Waals surface area contributed by atoms with Crippen molar-refractivity contribution >= 4 is 15.9 Å². The maximum absolute atomic E-state index is 5.21. The smallest absolute Gasteiger partial charge is 0.231 e. The number of benzene rings is 1. The zero-order chi connectivity index (χ0) is 12.3. The molecule has 2 aromatic rings. The van der Waals surface area contributed by atoms with Crippen molar-refractivity contribution in [1.29, 1.82) is 0 Å². The zero-order valence-corrected chi connectivity index (χ0v) is 11.4. The summed E-state index contributed by atoms with van der Waals surface area (Å²) in [7, 11) is 1.87. The molecule has 1 aromatic carbocycles. The van der Waals surface area contributed by atoms with Crippen molar-refractivity contribution in [2.75, 3.05) is 7.05 Å². The van der Waals surface area contributed by atoms with Crippen LogP contribution in [0.2, 0.25) is 0 Å². The van der Waals surface area contributed by atoms with E-state index in [-0.39, 0.29) is 6.04 Å². The van der Waals surface area contributed by atoms with Crippen molar-refractivity contribution in [3.63, 3.8) is 0 Å². The molecule has 2 rings (SSSR count). The van der Waals surface area contributed by atoms with Gasteiger partial charge in [-0.2, -0.15) is 4.98 Å². The molecule has 0 aliphatic carbocycles. The van der Waals surface area contributed by atoms with Crippen molar-refractivity contribution in [3.8, 4) is 0 Å². The molecule has 0 aliphatic rings. The Balaban J connectivity index is 2.11. The monoisotopic (exact) mass is 295 g/mol. The highest BCUT2D eigenvalue weighted by atomic mass is 79.9. The van der Waals surface area contributed by atoms with Crippen molar-refractivity contribution < 1.29 is 4.52 Å². The van der Waals surface area contributed by atoms with Crippen molar-refractivity contribution in [2.24, 2.45) is 0 Å². The second-order valence-corrected chi connectivity index (χ2v) is 4.78. The molecule has 1 N–H and O–H groups in total. The lowest BCUT2D eigenvalue weighted by atomic mass is 10.1. The molecule has 0 amide bonds. The summed E-state index contributed by atoms with van der Waals surface area (Å²) in [4.78, 5) is 4.35. The van der Waals surface area contributed by atoms with Crippen LogP contribution in [-0.2, 0) is 6.42 Å². The minimum Gasteiger partial charge on any atom is -0.339 e. The highest BCUT2D eigenvalue weighted by Gasteiger charge is 2.12. The number of halogens is 1. The summed E-state index contributed by atoms with van der Waals surface area (Å²) in [6, 6.07) is 8.18. The van der Waals surface area contributed by atoms with Gasteiger partial charge in [-0.15, -0.1) is 0 Å². The van der Waals surface area contributed by atoms with Crippen LogP contribution in [0, 0.1) is 0 Å². The van der Waals surface area contributed by atoms with E-state index >= 15 is 0 Å². The normalized spacial score (nSPS) is 12.6. The first-order chi connectivity index (χ1) is 8.19. The standard InChI is InChI=1S/C12H14BrN3O/c1-8(14-2)12-15-11(17-16-12)7-9-4-3-5-10(13)6-9/h3-6,8,14H,7H2,1-2H3. The molecule has 0 saturated carbocycles. The molecular formula is C12H14BrN3O. The fourth-order valence-electron chi connectivity index (χ4n) is 1.47. The van der Waals surface area contributed by atoms with Crippen LogP contribution in [0.4, 0.5) is 0 Å². The molecule has 1 heterocycles. The molecule has 0 saturated heterocycles. The average Bonchev–Trinajstić information content (AvgIpc) is 2.76. The van der Waals surface area contributed by atoms with E-state index in [2.05, 4.69) is 31.4 Å². The van der Waals surface area contributed by atoms with Gasteiger partial charge in [0.1, 0.15) is 0 Å². The van der Waals surface area contributed by atoms with E-state index < -0.39 is 0 Å². The predicted octanol–water partition coefficient (Wildman–Crippen LogP) is 2.70. The van der Waals surface area contributed by atoms with Gasteiger partial charge < -0.3 is 9.84 Å². The van der Waals surface area contributed by atoms with Crippen LogP contribution >= 0.6 is 15.9 Å². The van der Waals surface area contributed by atoms with Crippen molar-refractivity contribution in [3.05, 3.63) is 46.0 Å². The van der Waals surface area contributed by atoms with Gasteiger partial charge in [0.05, 0.1) is 12.5 Å². The third-order valence-corrected chi connectivity index (χ3v) is 3.04. The van der Waals surface area contributed by atoms with Crippen LogP contribution in [0.25, 0.3) is 0 Å². The number of nitrogens with zero attached hydrogens (tertiary/aromatic N) is 2. The Morgan fingerprint density at radius 3 is 3.00 bits per heavy atom. The average molecular weight is 296 g/mol. The summed E-state index contributed by atoms with van der Waals surface area (Å²) in [5, 5.41) is 7.02. The molecular weight excluding hydrogens is 282 g/mol. The van der Waals surface area contributed by atoms with Crippen LogP contribution in [0.1, 0.15) is 30.2 Å². The lowest BCUT2D eigenvalue weighted by molar-refractivity contribution is 0.374. The van der Waals surface area contributed by atoms with Crippen LogP contribution in [-0.4, -0.2) is 17.2 Å². The number of nitrogens with one attached hydrogen (secondary N) is 1. The van der Waals surface area contributed by atoms with Gasteiger partial charge in [-0.3, -0.25) is 0 Å². The van der Waals surface area contributed by atoms with E-state index in [9.17, 15) is 0 Å². The Hall–Kier alpha value is -1.20. The number of rotatable bonds is 4. The van der Waals surface area contributed by atoms with E-state index in [4.69, 9.17) is 4.52 Å². The van der Waals surface area contributed by atoms with Gasteiger partial charge in [0.2, 0.25) is 5.89 Å². The summed E-state index contributed by atoms with van der Waals surface area (Å²) >= 11 is 3.44. The summed E-state index contributed by atoms with van der Waals surface area (Å²) in [5.41, 5.74) is 1.15. The zero-order valence-electron chi connectivity index (χ0n) is 9.77. The van der Waals surface area contributed by atoms with Crippen LogP contribution < -0.4 is 5.32 Å². The molecule has 0 bridgehead atoms. The molecule has 1 aromatic heterocycles. The first-order valence-corrected chi connectivity index (χ1v) is 6.22. The minimum absolute atomic E-state index is 0.106. The van der Waals surface area contributed by atoms with Gasteiger partial charge in [0.15, 0.2) is 5.82 Å². The van der Waals surface area contributed by atoms with Gasteiger partial charge >= 0.3 is 0 Å². The Bertz CT molecular complexity index is 498. The van der Waals surface area contributed by atoms with E-state index in [0.29, 0.717) is 18.1 Å². The Kier molecular flexibility index (Phi) is 3.91. The lowest BCUT2D eigenvalue weighted by Crippen LogP contribution is -2.13. The van der Waals surface area contributed by atoms with Crippen molar-refractivity contribution in [2.45, 2.75) is 19.4 Å². The SMILES string of the molecule is CNC(C)c1noc(Cc2cccc(Br)c2)n1. The highest BCUT2D eigenvalue weighted by molar-refractivity contribution is 9.10. The topological polar surface area (TPSA) is 51.0 Å². The molecule has 0 radical (unpaired) electrons. The van der Waals surface area contributed by atoms with Crippen LogP contribution in [0.5, 0.6) is 0 Å². The summed E-state index contributed by atoms with van der Waals surface area (Å²) in [5.74, 6) is 1.33. The summed E-state index contributed by atoms with van der Waals surface area (Å²) in [6.45, 7) is 1.99. The van der Waals surface area contributed by atoms with Gasteiger partial charge in [-0.1, -0.05) is 33.2 Å². The number of hydrogen-bond acceptors (Lipinski definition) is 4. The maximum Gasteiger partial charge on any atom is 0.231 e. The number of hydrogen-bond donors (Lipinski definition) is 1. The van der Waals surface area contributed by atoms with E-state index in [1.54, 1.807) is 0 Å². The summed E-state index contributed by atoms with van der Waals surface area (Å²) in [6.07, 6.45) is 0.656. The molecule has 5 heteroatoms. The molecule has 0 spiro atoms. The maximum atomic E-state index is 5.21. The third kappa shape index (κ3) is 3.14. The fourth-order valence-corrected chi connectivity index (χ4v) is 1.91. The lowest BCUT2D eigenvalue weighted by Gasteiger charge is -2.01. The molecule has 90 valence electrons. The van der Waals surface area contributed by atoms with E-state index in [1.807, 2.05) is 38.2 Å². The highest BCUT2D eigenvalue weighted by Crippen LogP contribution is 2.15.